The summed E-state index contributed by atoms with van der Waals surface area (Å²) >= 11 is 0. The standard InChI is InChI=1S/C13H20N4O2/c14-8-6-12(18)16-10-4-2-1-3-5-11-17-13(19)7-9-15/h1-7,10-11H2,(H,16,18)(H,17,19). The van der Waals surface area contributed by atoms with Crippen molar-refractivity contribution in [2.45, 2.75) is 44.9 Å². The highest BCUT2D eigenvalue weighted by Gasteiger charge is 1.99. The number of nitrogens with one attached hydrogen (secondary N) is 2. The van der Waals surface area contributed by atoms with Crippen molar-refractivity contribution < 1.29 is 9.59 Å². The van der Waals surface area contributed by atoms with Crippen LogP contribution >= 0.6 is 0 Å². The van der Waals surface area contributed by atoms with E-state index in [0.717, 1.165) is 32.1 Å². The van der Waals surface area contributed by atoms with E-state index in [4.69, 9.17) is 10.5 Å². The fourth-order valence-corrected chi connectivity index (χ4v) is 1.50. The smallest absolute Gasteiger partial charge is 0.234 e. The number of nitrogens with zero attached hydrogens (tertiary/aromatic N) is 2. The van der Waals surface area contributed by atoms with Crippen molar-refractivity contribution in [1.82, 2.24) is 10.6 Å². The Morgan fingerprint density at radius 2 is 1.11 bits per heavy atom. The van der Waals surface area contributed by atoms with E-state index in [0.29, 0.717) is 13.1 Å². The molecule has 19 heavy (non-hydrogen) atoms. The predicted octanol–water partition coefficient (Wildman–Crippen LogP) is 0.997. The van der Waals surface area contributed by atoms with Crippen LogP contribution < -0.4 is 10.6 Å². The molecule has 6 nitrogen and oxygen atoms in total. The van der Waals surface area contributed by atoms with Crippen LogP contribution in [0.15, 0.2) is 0 Å². The fraction of sp³-hybridized carbons (Fsp3) is 0.692. The van der Waals surface area contributed by atoms with Crippen molar-refractivity contribution in [2.24, 2.45) is 0 Å². The summed E-state index contributed by atoms with van der Waals surface area (Å²) in [5.41, 5.74) is 0. The van der Waals surface area contributed by atoms with E-state index >= 15 is 0 Å². The van der Waals surface area contributed by atoms with Crippen molar-refractivity contribution in [1.29, 1.82) is 10.5 Å². The summed E-state index contributed by atoms with van der Waals surface area (Å²) in [7, 11) is 0. The molecule has 0 aromatic carbocycles. The number of amides is 2. The van der Waals surface area contributed by atoms with Crippen LogP contribution in [0.2, 0.25) is 0 Å². The number of unbranched alkanes of at least 4 members (excludes halogenated alkanes) is 4. The van der Waals surface area contributed by atoms with E-state index in [1.807, 2.05) is 0 Å². The van der Waals surface area contributed by atoms with Gasteiger partial charge in [-0.25, -0.2) is 0 Å². The van der Waals surface area contributed by atoms with Gasteiger partial charge in [-0.1, -0.05) is 19.3 Å². The Hall–Kier alpha value is -2.08. The van der Waals surface area contributed by atoms with Gasteiger partial charge in [-0.2, -0.15) is 10.5 Å². The van der Waals surface area contributed by atoms with Gasteiger partial charge in [-0.05, 0) is 12.8 Å². The Morgan fingerprint density at radius 3 is 1.47 bits per heavy atom. The highest BCUT2D eigenvalue weighted by atomic mass is 16.2. The minimum absolute atomic E-state index is 0.0810. The van der Waals surface area contributed by atoms with Gasteiger partial charge in [0.15, 0.2) is 0 Å². The molecule has 0 aromatic heterocycles. The zero-order valence-corrected chi connectivity index (χ0v) is 11.1. The highest BCUT2D eigenvalue weighted by Crippen LogP contribution is 2.01. The van der Waals surface area contributed by atoms with E-state index in [1.54, 1.807) is 12.1 Å². The van der Waals surface area contributed by atoms with Crippen LogP contribution in [0.25, 0.3) is 0 Å². The van der Waals surface area contributed by atoms with Gasteiger partial charge in [0.05, 0.1) is 12.1 Å². The molecule has 0 saturated carbocycles. The van der Waals surface area contributed by atoms with Gasteiger partial charge in [0.2, 0.25) is 11.8 Å². The molecule has 0 aromatic rings. The molecule has 0 bridgehead atoms. The summed E-state index contributed by atoms with van der Waals surface area (Å²) < 4.78 is 0. The molecule has 0 unspecified atom stereocenters. The predicted molar refractivity (Wildman–Crippen MR) is 69.6 cm³/mol. The largest absolute Gasteiger partial charge is 0.355 e. The first kappa shape index (κ1) is 16.9. The minimum Gasteiger partial charge on any atom is -0.355 e. The van der Waals surface area contributed by atoms with Gasteiger partial charge < -0.3 is 10.6 Å². The van der Waals surface area contributed by atoms with E-state index in [2.05, 4.69) is 10.6 Å². The summed E-state index contributed by atoms with van der Waals surface area (Å²) in [5, 5.41) is 21.9. The molecule has 0 radical (unpaired) electrons. The van der Waals surface area contributed by atoms with Crippen LogP contribution in [-0.2, 0) is 9.59 Å². The van der Waals surface area contributed by atoms with Crippen LogP contribution in [0.5, 0.6) is 0 Å². The Balaban J connectivity index is 3.20. The lowest BCUT2D eigenvalue weighted by atomic mass is 10.1. The molecular formula is C13H20N4O2. The summed E-state index contributed by atoms with van der Waals surface area (Å²) in [6.45, 7) is 1.22. The van der Waals surface area contributed by atoms with Gasteiger partial charge in [0, 0.05) is 13.1 Å². The summed E-state index contributed by atoms with van der Waals surface area (Å²) in [6, 6.07) is 3.59. The molecule has 2 N–H and O–H groups in total. The molecule has 0 aliphatic carbocycles. The molecular weight excluding hydrogens is 244 g/mol. The average molecular weight is 264 g/mol. The zero-order valence-electron chi connectivity index (χ0n) is 11.1. The molecule has 2 amide bonds. The first-order valence-corrected chi connectivity index (χ1v) is 6.48. The van der Waals surface area contributed by atoms with Crippen molar-refractivity contribution in [3.8, 4) is 12.1 Å². The number of hydrogen-bond donors (Lipinski definition) is 2. The van der Waals surface area contributed by atoms with Gasteiger partial charge in [0.1, 0.15) is 12.8 Å². The maximum absolute atomic E-state index is 10.9. The lowest BCUT2D eigenvalue weighted by Gasteiger charge is -2.04. The second kappa shape index (κ2) is 12.4. The van der Waals surface area contributed by atoms with Crippen LogP contribution in [0.4, 0.5) is 0 Å². The fourth-order valence-electron chi connectivity index (χ4n) is 1.50. The Morgan fingerprint density at radius 1 is 0.737 bits per heavy atom. The third kappa shape index (κ3) is 12.2. The quantitative estimate of drug-likeness (QED) is 0.574. The summed E-state index contributed by atoms with van der Waals surface area (Å²) in [6.07, 6.45) is 4.71. The number of hydrogen-bond acceptors (Lipinski definition) is 4. The molecule has 104 valence electrons. The summed E-state index contributed by atoms with van der Waals surface area (Å²) in [5.74, 6) is -0.439. The Labute approximate surface area is 113 Å². The lowest BCUT2D eigenvalue weighted by Crippen LogP contribution is -2.24. The first-order valence-electron chi connectivity index (χ1n) is 6.48. The topological polar surface area (TPSA) is 106 Å². The molecule has 6 heteroatoms. The molecule has 0 heterocycles. The van der Waals surface area contributed by atoms with E-state index < -0.39 is 0 Å². The van der Waals surface area contributed by atoms with Gasteiger partial charge in [-0.3, -0.25) is 9.59 Å². The maximum atomic E-state index is 10.9. The lowest BCUT2D eigenvalue weighted by molar-refractivity contribution is -0.120. The van der Waals surface area contributed by atoms with Gasteiger partial charge in [0.25, 0.3) is 0 Å². The maximum Gasteiger partial charge on any atom is 0.234 e. The normalized spacial score (nSPS) is 9.16. The number of carbonyl (C=O) groups is 2. The SMILES string of the molecule is N#CCC(=O)NCCCCCCCNC(=O)CC#N. The van der Waals surface area contributed by atoms with Gasteiger partial charge in [-0.15, -0.1) is 0 Å². The van der Waals surface area contributed by atoms with Crippen molar-refractivity contribution in [3.63, 3.8) is 0 Å². The van der Waals surface area contributed by atoms with Crippen molar-refractivity contribution in [2.75, 3.05) is 13.1 Å². The minimum atomic E-state index is -0.220. The number of rotatable bonds is 10. The molecule has 0 fully saturated rings. The van der Waals surface area contributed by atoms with E-state index in [1.165, 1.54) is 0 Å². The zero-order chi connectivity index (χ0) is 14.3. The third-order valence-electron chi connectivity index (χ3n) is 2.48. The average Bonchev–Trinajstić information content (AvgIpc) is 2.37. The van der Waals surface area contributed by atoms with Crippen LogP contribution in [0, 0.1) is 22.7 Å². The Kier molecular flexibility index (Phi) is 11.0. The number of nitriles is 2. The molecule has 0 aliphatic heterocycles. The van der Waals surface area contributed by atoms with Gasteiger partial charge >= 0.3 is 0 Å². The number of carbonyl (C=O) groups excluding carboxylic acids is 2. The van der Waals surface area contributed by atoms with Crippen molar-refractivity contribution in [3.05, 3.63) is 0 Å². The molecule has 0 aliphatic rings. The first-order chi connectivity index (χ1) is 9.20. The summed E-state index contributed by atoms with van der Waals surface area (Å²) in [4.78, 5) is 21.9. The van der Waals surface area contributed by atoms with Crippen LogP contribution in [0.1, 0.15) is 44.9 Å². The third-order valence-corrected chi connectivity index (χ3v) is 2.48. The monoisotopic (exact) mass is 264 g/mol. The molecule has 0 spiro atoms. The molecule has 0 atom stereocenters. The van der Waals surface area contributed by atoms with Crippen LogP contribution in [0.3, 0.4) is 0 Å². The highest BCUT2D eigenvalue weighted by molar-refractivity contribution is 5.78. The van der Waals surface area contributed by atoms with Crippen LogP contribution in [-0.4, -0.2) is 24.9 Å². The molecule has 0 rings (SSSR count). The second-order valence-corrected chi connectivity index (χ2v) is 4.14. The van der Waals surface area contributed by atoms with E-state index in [9.17, 15) is 9.59 Å². The Bertz CT molecular complexity index is 321. The van der Waals surface area contributed by atoms with Crippen molar-refractivity contribution >= 4 is 11.8 Å². The van der Waals surface area contributed by atoms with E-state index in [-0.39, 0.29) is 24.7 Å². The second-order valence-electron chi connectivity index (χ2n) is 4.14. The molecule has 0 saturated heterocycles.